The van der Waals surface area contributed by atoms with E-state index in [0.29, 0.717) is 5.56 Å². The molecule has 6 heteroatoms. The minimum atomic E-state index is -1.82. The van der Waals surface area contributed by atoms with E-state index in [9.17, 15) is 4.79 Å². The Morgan fingerprint density at radius 1 is 0.895 bits per heavy atom. The Kier molecular flexibility index (Phi) is 2.64. The summed E-state index contributed by atoms with van der Waals surface area (Å²) in [6, 6.07) is 9.43. The van der Waals surface area contributed by atoms with E-state index >= 15 is 0 Å². The normalized spacial score (nSPS) is 23.2. The van der Waals surface area contributed by atoms with Crippen molar-refractivity contribution in [2.45, 2.75) is 0 Å². The van der Waals surface area contributed by atoms with Crippen molar-refractivity contribution in [3.05, 3.63) is 35.9 Å². The minimum absolute atomic E-state index is 0.0559. The van der Waals surface area contributed by atoms with Crippen LogP contribution in [0.15, 0.2) is 35.1 Å². The smallest absolute Gasteiger partial charge is 0.267 e. The van der Waals surface area contributed by atoms with E-state index < -0.39 is 7.51 Å². The van der Waals surface area contributed by atoms with Crippen molar-refractivity contribution < 1.29 is 4.79 Å². The third-order valence-corrected chi connectivity index (χ3v) is 7.58. The Bertz CT molecular complexity index is 523. The molecule has 4 rings (SSSR count). The van der Waals surface area contributed by atoms with Gasteiger partial charge in [0, 0.05) is 44.8 Å². The number of rotatable bonds is 4. The van der Waals surface area contributed by atoms with Gasteiger partial charge in [-0.1, -0.05) is 18.2 Å². The summed E-state index contributed by atoms with van der Waals surface area (Å²) in [7, 11) is -1.82. The van der Waals surface area contributed by atoms with E-state index in [1.54, 1.807) is 0 Å². The van der Waals surface area contributed by atoms with E-state index in [4.69, 9.17) is 4.74 Å². The molecule has 0 N–H and O–H groups in total. The van der Waals surface area contributed by atoms with E-state index in [-0.39, 0.29) is 5.91 Å². The van der Waals surface area contributed by atoms with E-state index in [1.165, 1.54) is 0 Å². The van der Waals surface area contributed by atoms with Crippen molar-refractivity contribution in [1.29, 1.82) is 0 Å². The quantitative estimate of drug-likeness (QED) is 0.620. The first-order chi connectivity index (χ1) is 9.30. The van der Waals surface area contributed by atoms with Crippen LogP contribution in [0, 0.1) is 0 Å². The molecule has 3 saturated heterocycles. The van der Waals surface area contributed by atoms with Gasteiger partial charge in [0.2, 0.25) is 0 Å². The highest BCUT2D eigenvalue weighted by atomic mass is 31.2. The van der Waals surface area contributed by atoms with Gasteiger partial charge < -0.3 is 0 Å². The number of hydrogen-bond acceptors (Lipinski definition) is 1. The zero-order valence-corrected chi connectivity index (χ0v) is 11.7. The van der Waals surface area contributed by atoms with Crippen LogP contribution in [0.2, 0.25) is 0 Å². The first kappa shape index (κ1) is 11.8. The second kappa shape index (κ2) is 4.25. The molecule has 3 aliphatic rings. The second-order valence-electron chi connectivity index (χ2n) is 5.17. The number of nitrogens with zero attached hydrogens (tertiary/aromatic N) is 4. The maximum absolute atomic E-state index is 12.4. The molecule has 0 saturated carbocycles. The van der Waals surface area contributed by atoms with Crippen molar-refractivity contribution >= 4 is 13.4 Å². The van der Waals surface area contributed by atoms with Gasteiger partial charge in [0.1, 0.15) is 0 Å². The van der Waals surface area contributed by atoms with Crippen molar-refractivity contribution in [2.24, 2.45) is 4.74 Å². The number of carbonyl (C=O) groups excluding carboxylic acids is 1. The lowest BCUT2D eigenvalue weighted by atomic mass is 10.2. The summed E-state index contributed by atoms with van der Waals surface area (Å²) in [5.74, 6) is -0.0559. The van der Waals surface area contributed by atoms with Crippen molar-refractivity contribution in [2.75, 3.05) is 39.3 Å². The average molecular weight is 276 g/mol. The molecule has 3 aliphatic heterocycles. The topological polar surface area (TPSA) is 38.5 Å². The number of carbonyl (C=O) groups is 1. The molecule has 0 aliphatic carbocycles. The maximum atomic E-state index is 12.4. The fourth-order valence-electron chi connectivity index (χ4n) is 2.43. The number of benzene rings is 1. The molecule has 3 fully saturated rings. The van der Waals surface area contributed by atoms with Crippen molar-refractivity contribution in [3.8, 4) is 0 Å². The second-order valence-corrected chi connectivity index (χ2v) is 8.14. The summed E-state index contributed by atoms with van der Waals surface area (Å²) in [4.78, 5) is 12.4. The Labute approximate surface area is 113 Å². The lowest BCUT2D eigenvalue weighted by Crippen LogP contribution is -2.14. The molecular weight excluding hydrogens is 259 g/mol. The molecule has 0 aromatic heterocycles. The Balaban J connectivity index is 1.74. The summed E-state index contributed by atoms with van der Waals surface area (Å²) in [6.07, 6.45) is 0. The molecule has 0 atom stereocenters. The first-order valence-corrected chi connectivity index (χ1v) is 8.39. The van der Waals surface area contributed by atoms with Gasteiger partial charge in [0.25, 0.3) is 5.91 Å². The van der Waals surface area contributed by atoms with E-state index in [1.807, 2.05) is 30.3 Å². The molecule has 0 unspecified atom stereocenters. The average Bonchev–Trinajstić information content (AvgIpc) is 3.34. The van der Waals surface area contributed by atoms with Crippen molar-refractivity contribution in [3.63, 3.8) is 0 Å². The zero-order valence-electron chi connectivity index (χ0n) is 10.8. The molecule has 1 aromatic rings. The summed E-state index contributed by atoms with van der Waals surface area (Å²) >= 11 is 0. The molecule has 19 heavy (non-hydrogen) atoms. The predicted molar refractivity (Wildman–Crippen MR) is 74.8 cm³/mol. The standard InChI is InChI=1S/C13H17N4OP/c18-13(12-4-2-1-3-5-12)14-19(15-6-7-15,16-8-9-16)17-10-11-17/h1-5H,6-11H2. The first-order valence-electron chi connectivity index (χ1n) is 6.79. The molecule has 0 spiro atoms. The van der Waals surface area contributed by atoms with Crippen LogP contribution in [-0.4, -0.2) is 59.2 Å². The van der Waals surface area contributed by atoms with Gasteiger partial charge in [-0.2, -0.15) is 4.74 Å². The third kappa shape index (κ3) is 2.07. The highest BCUT2D eigenvalue weighted by Gasteiger charge is 2.53. The molecule has 0 radical (unpaired) electrons. The van der Waals surface area contributed by atoms with Gasteiger partial charge in [-0.25, -0.2) is 14.0 Å². The molecular formula is C13H17N4OP. The van der Waals surface area contributed by atoms with Crippen LogP contribution in [-0.2, 0) is 0 Å². The Hall–Kier alpha value is -1.00. The van der Waals surface area contributed by atoms with Crippen LogP contribution in [0.5, 0.6) is 0 Å². The van der Waals surface area contributed by atoms with Crippen LogP contribution in [0.25, 0.3) is 0 Å². The molecule has 5 nitrogen and oxygen atoms in total. The van der Waals surface area contributed by atoms with Gasteiger partial charge in [-0.05, 0) is 12.1 Å². The van der Waals surface area contributed by atoms with Crippen LogP contribution >= 0.6 is 7.51 Å². The van der Waals surface area contributed by atoms with Crippen molar-refractivity contribution in [1.82, 2.24) is 14.0 Å². The molecule has 1 amide bonds. The summed E-state index contributed by atoms with van der Waals surface area (Å²) < 4.78 is 11.9. The number of amides is 1. The molecule has 0 bridgehead atoms. The lowest BCUT2D eigenvalue weighted by Gasteiger charge is -2.27. The molecule has 3 heterocycles. The predicted octanol–water partition coefficient (Wildman–Crippen LogP) is 1.72. The monoisotopic (exact) mass is 276 g/mol. The SMILES string of the molecule is O=C(N=P(N1CC1)(N1CC1)N1CC1)c1ccccc1. The highest BCUT2D eigenvalue weighted by Crippen LogP contribution is 2.68. The Morgan fingerprint density at radius 3 is 1.79 bits per heavy atom. The van der Waals surface area contributed by atoms with Gasteiger partial charge >= 0.3 is 0 Å². The lowest BCUT2D eigenvalue weighted by molar-refractivity contribution is 0.100. The summed E-state index contributed by atoms with van der Waals surface area (Å²) in [6.45, 7) is 6.54. The van der Waals surface area contributed by atoms with E-state index in [2.05, 4.69) is 14.0 Å². The summed E-state index contributed by atoms with van der Waals surface area (Å²) in [5.41, 5.74) is 0.706. The van der Waals surface area contributed by atoms with Crippen LogP contribution in [0.1, 0.15) is 10.4 Å². The molecule has 1 aromatic carbocycles. The fourth-order valence-corrected chi connectivity index (χ4v) is 6.12. The van der Waals surface area contributed by atoms with Crippen LogP contribution in [0.4, 0.5) is 0 Å². The van der Waals surface area contributed by atoms with Crippen LogP contribution < -0.4 is 0 Å². The van der Waals surface area contributed by atoms with Gasteiger partial charge in [-0.3, -0.25) is 4.79 Å². The van der Waals surface area contributed by atoms with Gasteiger partial charge in [0.05, 0.1) is 0 Å². The van der Waals surface area contributed by atoms with Crippen LogP contribution in [0.3, 0.4) is 0 Å². The largest absolute Gasteiger partial charge is 0.279 e. The third-order valence-electron chi connectivity index (χ3n) is 3.65. The van der Waals surface area contributed by atoms with Gasteiger partial charge in [-0.15, -0.1) is 0 Å². The zero-order chi connectivity index (χ0) is 12.9. The minimum Gasteiger partial charge on any atom is -0.267 e. The molecule has 100 valence electrons. The highest BCUT2D eigenvalue weighted by molar-refractivity contribution is 7.60. The fraction of sp³-hybridized carbons (Fsp3) is 0.462. The van der Waals surface area contributed by atoms with Gasteiger partial charge in [0.15, 0.2) is 7.51 Å². The van der Waals surface area contributed by atoms with E-state index in [0.717, 1.165) is 39.3 Å². The number of hydrogen-bond donors (Lipinski definition) is 0. The Morgan fingerprint density at radius 2 is 1.37 bits per heavy atom. The maximum Gasteiger partial charge on any atom is 0.279 e. The summed E-state index contributed by atoms with van der Waals surface area (Å²) in [5, 5.41) is 0.